The van der Waals surface area contributed by atoms with Crippen LogP contribution < -0.4 is 0 Å². The van der Waals surface area contributed by atoms with Gasteiger partial charge in [0.1, 0.15) is 11.4 Å². The lowest BCUT2D eigenvalue weighted by Gasteiger charge is -2.22. The summed E-state index contributed by atoms with van der Waals surface area (Å²) in [6, 6.07) is 4.06. The number of fused-ring (bicyclic) bond motifs is 3. The Kier molecular flexibility index (Phi) is 6.74. The van der Waals surface area contributed by atoms with Gasteiger partial charge in [-0.05, 0) is 30.5 Å². The van der Waals surface area contributed by atoms with Crippen molar-refractivity contribution >= 4 is 62.6 Å². The van der Waals surface area contributed by atoms with Crippen LogP contribution in [0, 0.1) is 0 Å². The maximum absolute atomic E-state index is 12.0. The van der Waals surface area contributed by atoms with Crippen LogP contribution in [0.15, 0.2) is 34.1 Å². The van der Waals surface area contributed by atoms with Crippen molar-refractivity contribution in [3.05, 3.63) is 29.8 Å². The van der Waals surface area contributed by atoms with Gasteiger partial charge >= 0.3 is 0 Å². The van der Waals surface area contributed by atoms with E-state index in [1.807, 2.05) is 0 Å². The van der Waals surface area contributed by atoms with E-state index >= 15 is 0 Å². The van der Waals surface area contributed by atoms with Crippen LogP contribution >= 0.6 is 0 Å². The summed E-state index contributed by atoms with van der Waals surface area (Å²) in [4.78, 5) is -1.75. The normalized spacial score (nSPS) is 19.4. The minimum Gasteiger partial charge on any atom is -0.286 e. The fourth-order valence-corrected chi connectivity index (χ4v) is 7.34. The molecule has 0 fully saturated rings. The van der Waals surface area contributed by atoms with E-state index in [4.69, 9.17) is 4.55 Å². The molecule has 17 heteroatoms. The molecular weight excluding hydrogens is 550 g/mol. The molecule has 0 bridgehead atoms. The maximum atomic E-state index is 12.0. The molecule has 1 unspecified atom stereocenters. The fraction of sp³-hybridized carbons (Fsp3) is 0.389. The summed E-state index contributed by atoms with van der Waals surface area (Å²) < 4.78 is 133. The zero-order valence-electron chi connectivity index (χ0n) is 18.3. The molecular formula is C18H22NO12S4+. The highest BCUT2D eigenvalue weighted by atomic mass is 32.2. The third kappa shape index (κ3) is 5.56. The van der Waals surface area contributed by atoms with Crippen molar-refractivity contribution < 1.29 is 56.5 Å². The van der Waals surface area contributed by atoms with E-state index in [1.165, 1.54) is 30.6 Å². The second-order valence-corrected chi connectivity index (χ2v) is 14.2. The van der Waals surface area contributed by atoms with E-state index in [0.29, 0.717) is 11.8 Å². The van der Waals surface area contributed by atoms with Crippen molar-refractivity contribution in [2.45, 2.75) is 35.5 Å². The second-order valence-electron chi connectivity index (χ2n) is 8.36. The van der Waals surface area contributed by atoms with Gasteiger partial charge in [0, 0.05) is 30.4 Å². The van der Waals surface area contributed by atoms with Crippen LogP contribution in [-0.2, 0) is 45.9 Å². The first kappa shape index (κ1) is 27.6. The quantitative estimate of drug-likeness (QED) is 0.256. The Balaban J connectivity index is 2.45. The Morgan fingerprint density at radius 2 is 1.43 bits per heavy atom. The maximum Gasteiger partial charge on any atom is 0.295 e. The Bertz CT molecular complexity index is 1710. The first-order valence-corrected chi connectivity index (χ1v) is 15.8. The van der Waals surface area contributed by atoms with Gasteiger partial charge in [-0.1, -0.05) is 0 Å². The van der Waals surface area contributed by atoms with Crippen LogP contribution in [0.5, 0.6) is 0 Å². The van der Waals surface area contributed by atoms with Crippen molar-refractivity contribution in [3.8, 4) is 0 Å². The summed E-state index contributed by atoms with van der Waals surface area (Å²) in [5.74, 6) is -1.53. The lowest BCUT2D eigenvalue weighted by molar-refractivity contribution is -0.438. The van der Waals surface area contributed by atoms with E-state index in [0.717, 1.165) is 6.07 Å². The van der Waals surface area contributed by atoms with Crippen molar-refractivity contribution in [1.82, 2.24) is 0 Å². The van der Waals surface area contributed by atoms with Crippen LogP contribution in [0.4, 0.5) is 5.69 Å². The van der Waals surface area contributed by atoms with Crippen molar-refractivity contribution in [1.29, 1.82) is 0 Å². The molecule has 0 saturated carbocycles. The highest BCUT2D eigenvalue weighted by Gasteiger charge is 2.50. The second kappa shape index (κ2) is 8.55. The Hall–Kier alpha value is -1.99. The van der Waals surface area contributed by atoms with E-state index in [2.05, 4.69) is 0 Å². The van der Waals surface area contributed by atoms with Crippen LogP contribution in [0.1, 0.15) is 25.8 Å². The van der Waals surface area contributed by atoms with Gasteiger partial charge in [-0.3, -0.25) is 18.2 Å². The zero-order chi connectivity index (χ0) is 26.8. The molecule has 0 saturated heterocycles. The fourth-order valence-electron chi connectivity index (χ4n) is 4.42. The summed E-state index contributed by atoms with van der Waals surface area (Å²) in [6.07, 6.45) is -0.100. The Morgan fingerprint density at radius 1 is 0.829 bits per heavy atom. The highest BCUT2D eigenvalue weighted by molar-refractivity contribution is 7.87. The number of benzene rings is 2. The molecule has 1 heterocycles. The molecule has 0 aliphatic carbocycles. The largest absolute Gasteiger partial charge is 0.295 e. The number of hydrogen-bond acceptors (Lipinski definition) is 8. The van der Waals surface area contributed by atoms with Gasteiger partial charge in [0.2, 0.25) is 5.69 Å². The van der Waals surface area contributed by atoms with Gasteiger partial charge in [-0.15, -0.1) is 0 Å². The molecule has 2 aromatic carbocycles. The van der Waals surface area contributed by atoms with Crippen LogP contribution in [0.25, 0.3) is 10.8 Å². The minimum absolute atomic E-state index is 0.0473. The summed E-state index contributed by atoms with van der Waals surface area (Å²) in [7, 11) is -19.0. The van der Waals surface area contributed by atoms with Crippen LogP contribution in [0.3, 0.4) is 0 Å². The third-order valence-electron chi connectivity index (χ3n) is 5.93. The molecule has 4 N–H and O–H groups in total. The lowest BCUT2D eigenvalue weighted by atomic mass is 9.79. The molecule has 3 rings (SSSR count). The predicted octanol–water partition coefficient (Wildman–Crippen LogP) is 0.875. The molecule has 0 amide bonds. The predicted molar refractivity (Wildman–Crippen MR) is 124 cm³/mol. The van der Waals surface area contributed by atoms with E-state index in [-0.39, 0.29) is 35.0 Å². The van der Waals surface area contributed by atoms with Crippen molar-refractivity contribution in [2.24, 2.45) is 0 Å². The molecule has 0 spiro atoms. The molecule has 2 aromatic rings. The molecule has 0 radical (unpaired) electrons. The van der Waals surface area contributed by atoms with Crippen LogP contribution in [-0.4, -0.2) is 80.2 Å². The zero-order valence-corrected chi connectivity index (χ0v) is 21.5. The standard InChI is InChI=1S/C18H21NO12S4/c1-11-18(2,10-33(23,24)25)17-14-8-12(34(26,27)28)9-16(35(29,30)31)13(14)4-5-15(17)19(11)6-3-7-32(20,21)22/h4-5,8-9H,3,6-7,10H2,1-2H3,(H3-,20,21,22,23,24,25,26,27,28,29,30,31)/p+1. The SMILES string of the molecule is CC1=[N+](CCCS(=O)(=O)O)c2ccc3c(S(=O)(=O)O)cc(S(=O)(=O)O)cc3c2C1(C)CS(=O)(=O)O. The molecule has 1 aliphatic heterocycles. The average Bonchev–Trinajstić information content (AvgIpc) is 2.84. The Labute approximate surface area is 202 Å². The smallest absolute Gasteiger partial charge is 0.286 e. The van der Waals surface area contributed by atoms with Crippen LogP contribution in [0.2, 0.25) is 0 Å². The molecule has 1 atom stereocenters. The van der Waals surface area contributed by atoms with Gasteiger partial charge in [0.05, 0.1) is 21.8 Å². The topological polar surface area (TPSA) is 220 Å². The van der Waals surface area contributed by atoms with Gasteiger partial charge in [-0.25, -0.2) is 0 Å². The molecule has 0 aromatic heterocycles. The lowest BCUT2D eigenvalue weighted by Crippen LogP contribution is -2.38. The molecule has 1 aliphatic rings. The highest BCUT2D eigenvalue weighted by Crippen LogP contribution is 2.46. The number of hydrogen-bond donors (Lipinski definition) is 4. The van der Waals surface area contributed by atoms with Gasteiger partial charge < -0.3 is 0 Å². The molecule has 194 valence electrons. The third-order valence-corrected chi connectivity index (χ3v) is 9.40. The monoisotopic (exact) mass is 572 g/mol. The first-order chi connectivity index (χ1) is 15.7. The first-order valence-electron chi connectivity index (χ1n) is 9.73. The van der Waals surface area contributed by atoms with Gasteiger partial charge in [0.25, 0.3) is 40.5 Å². The van der Waals surface area contributed by atoms with E-state index < -0.39 is 67.2 Å². The molecule has 35 heavy (non-hydrogen) atoms. The van der Waals surface area contributed by atoms with Crippen molar-refractivity contribution in [3.63, 3.8) is 0 Å². The summed E-state index contributed by atoms with van der Waals surface area (Å²) in [6.45, 7) is 2.83. The average molecular weight is 573 g/mol. The number of rotatable bonds is 8. The summed E-state index contributed by atoms with van der Waals surface area (Å²) in [5.41, 5.74) is -0.981. The van der Waals surface area contributed by atoms with E-state index in [1.54, 1.807) is 0 Å². The van der Waals surface area contributed by atoms with Gasteiger partial charge in [-0.2, -0.15) is 38.2 Å². The Morgan fingerprint density at radius 3 is 1.91 bits per heavy atom. The summed E-state index contributed by atoms with van der Waals surface area (Å²) >= 11 is 0. The number of nitrogens with zero attached hydrogens (tertiary/aromatic N) is 1. The van der Waals surface area contributed by atoms with E-state index in [9.17, 15) is 47.3 Å². The van der Waals surface area contributed by atoms with Gasteiger partial charge in [0.15, 0.2) is 5.71 Å². The minimum atomic E-state index is -5.02. The summed E-state index contributed by atoms with van der Waals surface area (Å²) in [5, 5.41) is -0.333. The van der Waals surface area contributed by atoms with Crippen molar-refractivity contribution in [2.75, 3.05) is 18.1 Å². The molecule has 13 nitrogen and oxygen atoms in total.